The van der Waals surface area contributed by atoms with Crippen molar-refractivity contribution < 1.29 is 9.66 Å². The maximum atomic E-state index is 10.6. The van der Waals surface area contributed by atoms with Gasteiger partial charge < -0.3 is 4.74 Å². The first kappa shape index (κ1) is 17.4. The van der Waals surface area contributed by atoms with Crippen LogP contribution in [0.15, 0.2) is 52.9 Å². The Hall–Kier alpha value is -2.38. The van der Waals surface area contributed by atoms with E-state index < -0.39 is 4.92 Å². The number of ether oxygens (including phenoxy) is 1. The predicted octanol–water partition coefficient (Wildman–Crippen LogP) is 5.41. The summed E-state index contributed by atoms with van der Waals surface area (Å²) in [5.41, 5.74) is 2.03. The number of thiazole rings is 1. The summed E-state index contributed by atoms with van der Waals surface area (Å²) >= 11 is 3.32. The molecule has 0 saturated heterocycles. The summed E-state index contributed by atoms with van der Waals surface area (Å²) in [7, 11) is 0. The number of benzene rings is 2. The second-order valence-electron chi connectivity index (χ2n) is 5.10. The summed E-state index contributed by atoms with van der Waals surface area (Å²) in [6, 6.07) is 12.4. The number of nitro benzene ring substituents is 1. The molecule has 2 aromatic carbocycles. The normalized spacial score (nSPS) is 11.2. The number of nitro groups is 1. The van der Waals surface area contributed by atoms with Gasteiger partial charge in [-0.25, -0.2) is 4.98 Å². The molecule has 0 atom stereocenters. The summed E-state index contributed by atoms with van der Waals surface area (Å²) in [6.07, 6.45) is 3.99. The minimum atomic E-state index is -0.395. The van der Waals surface area contributed by atoms with Gasteiger partial charge in [-0.2, -0.15) is 0 Å². The van der Waals surface area contributed by atoms with Crippen molar-refractivity contribution in [2.45, 2.75) is 11.3 Å². The molecule has 1 aromatic heterocycles. The van der Waals surface area contributed by atoms with E-state index in [4.69, 9.17) is 4.74 Å². The van der Waals surface area contributed by atoms with Crippen LogP contribution in [-0.2, 0) is 0 Å². The highest BCUT2D eigenvalue weighted by molar-refractivity contribution is 8.01. The van der Waals surface area contributed by atoms with E-state index in [0.717, 1.165) is 31.6 Å². The Labute approximate surface area is 153 Å². The summed E-state index contributed by atoms with van der Waals surface area (Å²) in [5, 5.41) is 10.6. The fourth-order valence-corrected chi connectivity index (χ4v) is 4.15. The van der Waals surface area contributed by atoms with Crippen molar-refractivity contribution in [3.05, 3.63) is 64.2 Å². The number of fused-ring (bicyclic) bond motifs is 1. The van der Waals surface area contributed by atoms with E-state index >= 15 is 0 Å². The lowest BCUT2D eigenvalue weighted by atomic mass is 10.2. The molecule has 0 aliphatic rings. The van der Waals surface area contributed by atoms with Crippen molar-refractivity contribution in [3.63, 3.8) is 0 Å². The molecule has 1 heterocycles. The predicted molar refractivity (Wildman–Crippen MR) is 104 cm³/mol. The van der Waals surface area contributed by atoms with Crippen molar-refractivity contribution >= 4 is 45.1 Å². The summed E-state index contributed by atoms with van der Waals surface area (Å²) in [5.74, 6) is 1.66. The van der Waals surface area contributed by atoms with Gasteiger partial charge in [0, 0.05) is 17.9 Å². The lowest BCUT2D eigenvalue weighted by Gasteiger charge is -2.00. The van der Waals surface area contributed by atoms with E-state index in [1.165, 1.54) is 12.1 Å². The summed E-state index contributed by atoms with van der Waals surface area (Å²) in [4.78, 5) is 14.8. The van der Waals surface area contributed by atoms with Crippen LogP contribution in [0.3, 0.4) is 0 Å². The molecule has 0 fully saturated rings. The molecule has 0 aliphatic carbocycles. The van der Waals surface area contributed by atoms with Crippen LogP contribution in [0.25, 0.3) is 16.3 Å². The number of non-ortho nitro benzene ring substituents is 1. The van der Waals surface area contributed by atoms with Gasteiger partial charge in [-0.15, -0.1) is 11.3 Å². The van der Waals surface area contributed by atoms with Gasteiger partial charge in [-0.1, -0.05) is 23.9 Å². The zero-order valence-electron chi connectivity index (χ0n) is 13.5. The Morgan fingerprint density at radius 2 is 2.08 bits per heavy atom. The fraction of sp³-hybridized carbons (Fsp3) is 0.167. The number of hydrogen-bond donors (Lipinski definition) is 0. The number of hydrogen-bond acceptors (Lipinski definition) is 6. The lowest BCUT2D eigenvalue weighted by molar-refractivity contribution is -0.384. The molecule has 3 aromatic rings. The van der Waals surface area contributed by atoms with E-state index in [1.807, 2.05) is 37.3 Å². The Morgan fingerprint density at radius 1 is 1.28 bits per heavy atom. The topological polar surface area (TPSA) is 65.3 Å². The van der Waals surface area contributed by atoms with Crippen LogP contribution in [0.5, 0.6) is 5.75 Å². The summed E-state index contributed by atoms with van der Waals surface area (Å²) < 4.78 is 7.64. The number of thioether (sulfide) groups is 1. The molecule has 5 nitrogen and oxygen atoms in total. The van der Waals surface area contributed by atoms with Crippen molar-refractivity contribution in [2.24, 2.45) is 0 Å². The molecule has 0 unspecified atom stereocenters. The van der Waals surface area contributed by atoms with Gasteiger partial charge in [0.05, 0.1) is 21.7 Å². The zero-order chi connectivity index (χ0) is 17.6. The van der Waals surface area contributed by atoms with Crippen LogP contribution < -0.4 is 4.74 Å². The standard InChI is InChI=1S/C18H16N2O3S2/c1-2-23-15-9-10-16-17(12-15)25-18(19-16)24-11-3-4-13-5-7-14(8-6-13)20(21)22/h3-10,12H,2,11H2,1H3. The SMILES string of the molecule is CCOc1ccc2nc(SCC=Cc3ccc([N+](=O)[O-])cc3)sc2c1. The third kappa shape index (κ3) is 4.58. The fourth-order valence-electron chi connectivity index (χ4n) is 2.21. The van der Waals surface area contributed by atoms with Crippen LogP contribution in [0, 0.1) is 10.1 Å². The molecule has 0 spiro atoms. The maximum Gasteiger partial charge on any atom is 0.269 e. The van der Waals surface area contributed by atoms with E-state index in [1.54, 1.807) is 35.2 Å². The third-order valence-electron chi connectivity index (χ3n) is 3.37. The second kappa shape index (κ2) is 8.13. The van der Waals surface area contributed by atoms with Gasteiger partial charge in [0.2, 0.25) is 0 Å². The number of nitrogens with zero attached hydrogens (tertiary/aromatic N) is 2. The monoisotopic (exact) mass is 372 g/mol. The van der Waals surface area contributed by atoms with Gasteiger partial charge in [-0.05, 0) is 42.8 Å². The Kier molecular flexibility index (Phi) is 5.67. The van der Waals surface area contributed by atoms with E-state index in [-0.39, 0.29) is 5.69 Å². The second-order valence-corrected chi connectivity index (χ2v) is 7.40. The molecule has 0 aliphatic heterocycles. The highest BCUT2D eigenvalue weighted by Crippen LogP contribution is 2.32. The molecule has 0 saturated carbocycles. The first-order valence-electron chi connectivity index (χ1n) is 7.73. The molecule has 0 bridgehead atoms. The largest absolute Gasteiger partial charge is 0.494 e. The number of aromatic nitrogens is 1. The molecule has 128 valence electrons. The lowest BCUT2D eigenvalue weighted by Crippen LogP contribution is -1.89. The quantitative estimate of drug-likeness (QED) is 0.315. The first-order chi connectivity index (χ1) is 12.2. The van der Waals surface area contributed by atoms with Crippen molar-refractivity contribution in [2.75, 3.05) is 12.4 Å². The van der Waals surface area contributed by atoms with Crippen molar-refractivity contribution in [1.82, 2.24) is 4.98 Å². The molecular weight excluding hydrogens is 356 g/mol. The van der Waals surface area contributed by atoms with Crippen LogP contribution in [-0.4, -0.2) is 22.3 Å². The first-order valence-corrected chi connectivity index (χ1v) is 9.53. The van der Waals surface area contributed by atoms with Gasteiger partial charge >= 0.3 is 0 Å². The smallest absolute Gasteiger partial charge is 0.269 e. The van der Waals surface area contributed by atoms with Gasteiger partial charge in [0.25, 0.3) is 5.69 Å². The van der Waals surface area contributed by atoms with Crippen molar-refractivity contribution in [3.8, 4) is 5.75 Å². The van der Waals surface area contributed by atoms with Gasteiger partial charge in [-0.3, -0.25) is 10.1 Å². The molecule has 3 rings (SSSR count). The maximum absolute atomic E-state index is 10.6. The van der Waals surface area contributed by atoms with E-state index in [2.05, 4.69) is 4.98 Å². The van der Waals surface area contributed by atoms with E-state index in [9.17, 15) is 10.1 Å². The van der Waals surface area contributed by atoms with Crippen molar-refractivity contribution in [1.29, 1.82) is 0 Å². The number of rotatable bonds is 7. The molecule has 7 heteroatoms. The average Bonchev–Trinajstić information content (AvgIpc) is 3.01. The molecule has 0 radical (unpaired) electrons. The van der Waals surface area contributed by atoms with Gasteiger partial charge in [0.1, 0.15) is 5.75 Å². The highest BCUT2D eigenvalue weighted by Gasteiger charge is 2.05. The van der Waals surface area contributed by atoms with Gasteiger partial charge in [0.15, 0.2) is 4.34 Å². The van der Waals surface area contributed by atoms with E-state index in [0.29, 0.717) is 6.61 Å². The molecule has 0 amide bonds. The summed E-state index contributed by atoms with van der Waals surface area (Å²) in [6.45, 7) is 2.62. The van der Waals surface area contributed by atoms with Crippen LogP contribution in [0.1, 0.15) is 12.5 Å². The minimum Gasteiger partial charge on any atom is -0.494 e. The zero-order valence-corrected chi connectivity index (χ0v) is 15.2. The molecule has 0 N–H and O–H groups in total. The molecule has 25 heavy (non-hydrogen) atoms. The third-order valence-corrected chi connectivity index (χ3v) is 5.48. The van der Waals surface area contributed by atoms with Crippen LogP contribution in [0.2, 0.25) is 0 Å². The Morgan fingerprint density at radius 3 is 2.80 bits per heavy atom. The van der Waals surface area contributed by atoms with Crippen LogP contribution in [0.4, 0.5) is 5.69 Å². The average molecular weight is 372 g/mol. The Bertz CT molecular complexity index is 904. The Balaban J connectivity index is 1.59. The van der Waals surface area contributed by atoms with Crippen LogP contribution >= 0.6 is 23.1 Å². The highest BCUT2D eigenvalue weighted by atomic mass is 32.2. The minimum absolute atomic E-state index is 0.104. The molecular formula is C18H16N2O3S2.